The molecule has 1 N–H and O–H groups in total. The van der Waals surface area contributed by atoms with Crippen molar-refractivity contribution in [1.82, 2.24) is 5.32 Å². The maximum atomic E-state index is 3.87. The Morgan fingerprint density at radius 3 is 2.44 bits per heavy atom. The Morgan fingerprint density at radius 2 is 1.83 bits per heavy atom. The Kier molecular flexibility index (Phi) is 3.76. The van der Waals surface area contributed by atoms with Crippen LogP contribution in [0.4, 0.5) is 0 Å². The minimum atomic E-state index is 0.768. The Labute approximate surface area is 118 Å². The Bertz CT molecular complexity index is 394. The molecular formula is C16H22BrN. The molecule has 0 amide bonds. The highest BCUT2D eigenvalue weighted by molar-refractivity contribution is 9.10. The molecule has 2 atom stereocenters. The van der Waals surface area contributed by atoms with Gasteiger partial charge in [-0.05, 0) is 55.2 Å². The van der Waals surface area contributed by atoms with E-state index in [4.69, 9.17) is 0 Å². The monoisotopic (exact) mass is 307 g/mol. The molecule has 2 aliphatic rings. The van der Waals surface area contributed by atoms with Crippen LogP contribution in [0.25, 0.3) is 0 Å². The molecule has 0 radical (unpaired) electrons. The number of rotatable bonds is 3. The van der Waals surface area contributed by atoms with Crippen LogP contribution in [0.2, 0.25) is 0 Å². The highest BCUT2D eigenvalue weighted by Crippen LogP contribution is 2.38. The van der Waals surface area contributed by atoms with E-state index in [9.17, 15) is 0 Å². The van der Waals surface area contributed by atoms with Gasteiger partial charge in [-0.1, -0.05) is 41.4 Å². The van der Waals surface area contributed by atoms with E-state index in [0.29, 0.717) is 0 Å². The minimum Gasteiger partial charge on any atom is -0.311 e. The van der Waals surface area contributed by atoms with Gasteiger partial charge in [0.05, 0.1) is 0 Å². The van der Waals surface area contributed by atoms with Gasteiger partial charge < -0.3 is 5.32 Å². The predicted molar refractivity (Wildman–Crippen MR) is 79.8 cm³/mol. The van der Waals surface area contributed by atoms with Gasteiger partial charge in [0.1, 0.15) is 0 Å². The van der Waals surface area contributed by atoms with Crippen LogP contribution in [0.3, 0.4) is 0 Å². The molecule has 0 bridgehead atoms. The van der Waals surface area contributed by atoms with Crippen molar-refractivity contribution in [2.24, 2.45) is 5.92 Å². The molecule has 1 aromatic carbocycles. The maximum absolute atomic E-state index is 3.87. The molecule has 2 unspecified atom stereocenters. The van der Waals surface area contributed by atoms with E-state index in [-0.39, 0.29) is 0 Å². The van der Waals surface area contributed by atoms with Crippen molar-refractivity contribution in [3.05, 3.63) is 34.3 Å². The molecule has 1 nitrogen and oxygen atoms in total. The summed E-state index contributed by atoms with van der Waals surface area (Å²) in [5, 5.41) is 3.87. The molecule has 0 heterocycles. The third-order valence-electron chi connectivity index (χ3n) is 4.79. The number of benzene rings is 1. The van der Waals surface area contributed by atoms with E-state index in [1.54, 1.807) is 0 Å². The molecule has 2 saturated carbocycles. The number of hydrogen-bond acceptors (Lipinski definition) is 1. The molecule has 2 heteroatoms. The highest BCUT2D eigenvalue weighted by Gasteiger charge is 2.33. The van der Waals surface area contributed by atoms with E-state index < -0.39 is 0 Å². The number of hydrogen-bond donors (Lipinski definition) is 1. The van der Waals surface area contributed by atoms with Crippen molar-refractivity contribution in [2.45, 2.75) is 57.0 Å². The summed E-state index contributed by atoms with van der Waals surface area (Å²) >= 11 is 3.50. The molecule has 98 valence electrons. The highest BCUT2D eigenvalue weighted by atomic mass is 79.9. The molecule has 3 rings (SSSR count). The van der Waals surface area contributed by atoms with Crippen molar-refractivity contribution < 1.29 is 0 Å². The van der Waals surface area contributed by atoms with Crippen LogP contribution in [0.5, 0.6) is 0 Å². The second-order valence-corrected chi connectivity index (χ2v) is 7.01. The van der Waals surface area contributed by atoms with Gasteiger partial charge in [-0.15, -0.1) is 0 Å². The average Bonchev–Trinajstić information content (AvgIpc) is 2.71. The molecule has 18 heavy (non-hydrogen) atoms. The molecule has 2 fully saturated rings. The summed E-state index contributed by atoms with van der Waals surface area (Å²) in [6.07, 6.45) is 6.87. The summed E-state index contributed by atoms with van der Waals surface area (Å²) in [7, 11) is 0. The van der Waals surface area contributed by atoms with E-state index >= 15 is 0 Å². The van der Waals surface area contributed by atoms with E-state index in [2.05, 4.69) is 52.4 Å². The van der Waals surface area contributed by atoms with Crippen molar-refractivity contribution >= 4 is 15.9 Å². The lowest BCUT2D eigenvalue weighted by Crippen LogP contribution is -2.46. The van der Waals surface area contributed by atoms with Crippen LogP contribution >= 0.6 is 15.9 Å². The largest absolute Gasteiger partial charge is 0.311 e. The predicted octanol–water partition coefficient (Wildman–Crippen LogP) is 4.47. The van der Waals surface area contributed by atoms with Gasteiger partial charge in [0.15, 0.2) is 0 Å². The van der Waals surface area contributed by atoms with E-state index in [1.165, 1.54) is 42.1 Å². The smallest absolute Gasteiger partial charge is 0.0175 e. The lowest BCUT2D eigenvalue weighted by atomic mass is 9.75. The second-order valence-electron chi connectivity index (χ2n) is 6.10. The first-order chi connectivity index (χ1) is 8.72. The van der Waals surface area contributed by atoms with Crippen molar-refractivity contribution in [1.29, 1.82) is 0 Å². The first-order valence-corrected chi connectivity index (χ1v) is 8.03. The van der Waals surface area contributed by atoms with Crippen LogP contribution in [0.1, 0.15) is 50.5 Å². The quantitative estimate of drug-likeness (QED) is 0.868. The fourth-order valence-electron chi connectivity index (χ4n) is 3.46. The molecular weight excluding hydrogens is 286 g/mol. The van der Waals surface area contributed by atoms with E-state index in [1.807, 2.05) is 0 Å². The average molecular weight is 308 g/mol. The summed E-state index contributed by atoms with van der Waals surface area (Å²) < 4.78 is 1.18. The molecule has 1 aromatic rings. The minimum absolute atomic E-state index is 0.768. The first-order valence-electron chi connectivity index (χ1n) is 7.24. The van der Waals surface area contributed by atoms with Crippen LogP contribution in [0.15, 0.2) is 28.7 Å². The zero-order chi connectivity index (χ0) is 12.5. The fourth-order valence-corrected chi connectivity index (χ4v) is 3.72. The topological polar surface area (TPSA) is 12.0 Å². The standard InChI is InChI=1S/C16H22BrN/c1-11-3-2-4-16(11)18-15-9-13(10-15)12-5-7-14(17)8-6-12/h5-8,11,13,15-16,18H,2-4,9-10H2,1H3. The van der Waals surface area contributed by atoms with Gasteiger partial charge in [-0.2, -0.15) is 0 Å². The molecule has 0 saturated heterocycles. The lowest BCUT2D eigenvalue weighted by molar-refractivity contribution is 0.247. The molecule has 0 aromatic heterocycles. The van der Waals surface area contributed by atoms with Crippen molar-refractivity contribution in [3.8, 4) is 0 Å². The van der Waals surface area contributed by atoms with Crippen LogP contribution in [-0.4, -0.2) is 12.1 Å². The van der Waals surface area contributed by atoms with Crippen LogP contribution in [0, 0.1) is 5.92 Å². The molecule has 0 spiro atoms. The van der Waals surface area contributed by atoms with Gasteiger partial charge in [0, 0.05) is 16.6 Å². The van der Waals surface area contributed by atoms with E-state index in [0.717, 1.165) is 23.9 Å². The summed E-state index contributed by atoms with van der Waals surface area (Å²) in [4.78, 5) is 0. The second kappa shape index (κ2) is 5.34. The van der Waals surface area contributed by atoms with Crippen molar-refractivity contribution in [3.63, 3.8) is 0 Å². The van der Waals surface area contributed by atoms with Crippen molar-refractivity contribution in [2.75, 3.05) is 0 Å². The summed E-state index contributed by atoms with van der Waals surface area (Å²) in [6.45, 7) is 2.40. The first kappa shape index (κ1) is 12.7. The normalized spacial score (nSPS) is 35.4. The molecule has 0 aliphatic heterocycles. The zero-order valence-electron chi connectivity index (χ0n) is 11.0. The SMILES string of the molecule is CC1CCCC1NC1CC(c2ccc(Br)cc2)C1. The maximum Gasteiger partial charge on any atom is 0.0175 e. The zero-order valence-corrected chi connectivity index (χ0v) is 12.6. The van der Waals surface area contributed by atoms with Gasteiger partial charge in [0.25, 0.3) is 0 Å². The Morgan fingerprint density at radius 1 is 1.11 bits per heavy atom. The Balaban J connectivity index is 1.49. The number of nitrogens with one attached hydrogen (secondary N) is 1. The van der Waals surface area contributed by atoms with Gasteiger partial charge in [-0.25, -0.2) is 0 Å². The third-order valence-corrected chi connectivity index (χ3v) is 5.32. The van der Waals surface area contributed by atoms with Crippen LogP contribution < -0.4 is 5.32 Å². The summed E-state index contributed by atoms with van der Waals surface area (Å²) in [5.74, 6) is 1.67. The van der Waals surface area contributed by atoms with Gasteiger partial charge in [0.2, 0.25) is 0 Å². The Hall–Kier alpha value is -0.340. The third kappa shape index (κ3) is 2.65. The lowest BCUT2D eigenvalue weighted by Gasteiger charge is -2.39. The van der Waals surface area contributed by atoms with Crippen LogP contribution in [-0.2, 0) is 0 Å². The fraction of sp³-hybridized carbons (Fsp3) is 0.625. The summed E-state index contributed by atoms with van der Waals surface area (Å²) in [6, 6.07) is 10.4. The number of halogens is 1. The molecule has 2 aliphatic carbocycles. The van der Waals surface area contributed by atoms with Gasteiger partial charge >= 0.3 is 0 Å². The summed E-state index contributed by atoms with van der Waals surface area (Å²) in [5.41, 5.74) is 1.51. The van der Waals surface area contributed by atoms with Gasteiger partial charge in [-0.3, -0.25) is 0 Å².